The molecule has 69 heavy (non-hydrogen) atoms. The Balaban J connectivity index is 0.749. The molecular weight excluding hydrogens is 909 g/mol. The Morgan fingerprint density at radius 1 is 0.710 bits per heavy atom. The Hall–Kier alpha value is -1.96. The molecule has 0 spiro atoms. The van der Waals surface area contributed by atoms with Gasteiger partial charge in [-0.2, -0.15) is 0 Å². The predicted molar refractivity (Wildman–Crippen MR) is 235 cm³/mol. The lowest BCUT2D eigenvalue weighted by atomic mass is 9.43. The molecule has 392 valence electrons. The molecule has 0 bridgehead atoms. The van der Waals surface area contributed by atoms with Gasteiger partial charge in [-0.25, -0.2) is 4.79 Å². The van der Waals surface area contributed by atoms with Crippen molar-refractivity contribution in [3.63, 3.8) is 0 Å². The number of cyclic esters (lactones) is 1. The van der Waals surface area contributed by atoms with E-state index in [1.165, 1.54) is 13.0 Å². The van der Waals surface area contributed by atoms with Crippen LogP contribution in [0.3, 0.4) is 0 Å². The number of aliphatic hydroxyl groups is 8. The van der Waals surface area contributed by atoms with Crippen LogP contribution in [0.15, 0.2) is 11.6 Å². The summed E-state index contributed by atoms with van der Waals surface area (Å²) < 4.78 is 60.1. The summed E-state index contributed by atoms with van der Waals surface area (Å²) >= 11 is 0. The first-order valence-electron chi connectivity index (χ1n) is 25.3. The lowest BCUT2D eigenvalue weighted by Crippen LogP contribution is -2.62. The second-order valence-electron chi connectivity index (χ2n) is 22.3. The van der Waals surface area contributed by atoms with Crippen LogP contribution in [0.25, 0.3) is 0 Å². The van der Waals surface area contributed by atoms with Gasteiger partial charge < -0.3 is 88.2 Å². The fraction of sp³-hybridized carbons (Fsp3) is 0.918. The number of ether oxygens (including phenoxy) is 10. The van der Waals surface area contributed by atoms with Crippen LogP contribution in [-0.2, 0) is 57.0 Å². The van der Waals surface area contributed by atoms with E-state index in [4.69, 9.17) is 47.4 Å². The molecule has 20 heteroatoms. The van der Waals surface area contributed by atoms with E-state index < -0.39 is 134 Å². The van der Waals surface area contributed by atoms with E-state index in [2.05, 4.69) is 13.8 Å². The molecule has 0 radical (unpaired) electrons. The molecule has 4 saturated carbocycles. The summed E-state index contributed by atoms with van der Waals surface area (Å²) in [6, 6.07) is 0. The smallest absolute Gasteiger partial charge is 0.331 e. The zero-order valence-corrected chi connectivity index (χ0v) is 40.5. The van der Waals surface area contributed by atoms with Gasteiger partial charge in [0.25, 0.3) is 0 Å². The third kappa shape index (κ3) is 9.59. The van der Waals surface area contributed by atoms with Crippen molar-refractivity contribution in [1.82, 2.24) is 0 Å². The SMILES string of the molecule is CC(=O)O[C@@H]1C[C@H](O[C@@H]2[C@H](O)C[C@@H](O[C@@H]3[C@H](O)C[C@@H](O[C@@H]4CC[C@@]5(C)[C@H](CC[C@@H]6[C@H]5CC[C@]5(C)[C@@H](C7=CC(=O)OC7)[C@@H](O)C[C@]65O)C4)O[C@H]3C)O[C@@H]2C)O[C@H](C)[C@H]1O[C@H]1O[C@@H](CO)[C@H](O)[C@@H](O)[C@@H]1O. The largest absolute Gasteiger partial charge is 0.459 e. The van der Waals surface area contributed by atoms with Crippen molar-refractivity contribution >= 4 is 11.9 Å². The molecule has 4 saturated heterocycles. The van der Waals surface area contributed by atoms with Crippen LogP contribution < -0.4 is 0 Å². The standard InChI is InChI=1S/C49H76O20/c1-21-43(67-37-16-31(53)44(22(2)62-37)68-38-17-33(64-24(4)51)45(23(3)63-38)69-46-42(58)41(57)40(56)34(19-50)66-46)30(52)15-36(61-21)65-27-9-11-47(5)26(14-27)7-8-29-28(47)10-12-48(6)39(25-13-35(55)60-20-25)32(54)18-49(29,48)59/h13,21-23,26-34,36-46,50,52-54,56-59H,7-12,14-20H2,1-6H3/t21-,22+,23+,26+,27+,28+,29+,30+,31+,32-,33+,34-,36+,37+,38-,39-,40-,41+,42-,43-,44-,45+,46+,47-,48+,49-/m0/s1. The second-order valence-corrected chi connectivity index (χ2v) is 22.3. The van der Waals surface area contributed by atoms with Crippen molar-refractivity contribution in [2.75, 3.05) is 13.2 Å². The van der Waals surface area contributed by atoms with Crippen molar-refractivity contribution in [2.45, 2.75) is 234 Å². The van der Waals surface area contributed by atoms with E-state index in [9.17, 15) is 50.4 Å². The van der Waals surface area contributed by atoms with Crippen molar-refractivity contribution < 1.29 is 97.8 Å². The Bertz CT molecular complexity index is 1850. The van der Waals surface area contributed by atoms with Gasteiger partial charge in [0.1, 0.15) is 55.4 Å². The van der Waals surface area contributed by atoms with Crippen molar-refractivity contribution in [2.24, 2.45) is 34.5 Å². The van der Waals surface area contributed by atoms with Crippen LogP contribution in [-0.4, -0.2) is 188 Å². The van der Waals surface area contributed by atoms with Gasteiger partial charge in [-0.1, -0.05) is 13.8 Å². The zero-order chi connectivity index (χ0) is 49.5. The van der Waals surface area contributed by atoms with Gasteiger partial charge in [0.15, 0.2) is 25.2 Å². The summed E-state index contributed by atoms with van der Waals surface area (Å²) in [6.45, 7) is 10.4. The monoisotopic (exact) mass is 984 g/mol. The fourth-order valence-corrected chi connectivity index (χ4v) is 14.7. The number of carbonyl (C=O) groups is 2. The highest BCUT2D eigenvalue weighted by molar-refractivity contribution is 5.85. The average Bonchev–Trinajstić information content (AvgIpc) is 3.79. The Labute approximate surface area is 402 Å². The minimum Gasteiger partial charge on any atom is -0.459 e. The number of aliphatic hydroxyl groups excluding tert-OH is 7. The number of hydrogen-bond acceptors (Lipinski definition) is 20. The van der Waals surface area contributed by atoms with Crippen LogP contribution in [0.1, 0.15) is 112 Å². The molecule has 26 atom stereocenters. The van der Waals surface area contributed by atoms with Gasteiger partial charge >= 0.3 is 11.9 Å². The number of fused-ring (bicyclic) bond motifs is 5. The molecule has 9 rings (SSSR count). The highest BCUT2D eigenvalue weighted by atomic mass is 16.8. The van der Waals surface area contributed by atoms with E-state index in [1.807, 2.05) is 6.92 Å². The lowest BCUT2D eigenvalue weighted by Gasteiger charge is -2.63. The molecule has 8 N–H and O–H groups in total. The Morgan fingerprint density at radius 3 is 1.93 bits per heavy atom. The van der Waals surface area contributed by atoms with Gasteiger partial charge in [0.05, 0.1) is 54.9 Å². The van der Waals surface area contributed by atoms with Gasteiger partial charge in [-0.3, -0.25) is 4.79 Å². The van der Waals surface area contributed by atoms with Crippen LogP contribution in [0.5, 0.6) is 0 Å². The summed E-state index contributed by atoms with van der Waals surface area (Å²) in [7, 11) is 0. The maximum absolute atomic E-state index is 12.6. The third-order valence-corrected chi connectivity index (χ3v) is 18.2. The first-order chi connectivity index (χ1) is 32.6. The van der Waals surface area contributed by atoms with E-state index >= 15 is 0 Å². The summed E-state index contributed by atoms with van der Waals surface area (Å²) in [5.41, 5.74) is -0.809. The Kier molecular flexibility index (Phi) is 15.1. The maximum atomic E-state index is 12.6. The van der Waals surface area contributed by atoms with Crippen molar-refractivity contribution in [3.05, 3.63) is 11.6 Å². The molecule has 0 aromatic rings. The minimum absolute atomic E-state index is 0.000687. The van der Waals surface area contributed by atoms with Crippen molar-refractivity contribution in [1.29, 1.82) is 0 Å². The lowest BCUT2D eigenvalue weighted by molar-refractivity contribution is -0.355. The molecule has 0 amide bonds. The molecule has 5 aliphatic heterocycles. The van der Waals surface area contributed by atoms with E-state index in [0.29, 0.717) is 18.3 Å². The predicted octanol–water partition coefficient (Wildman–Crippen LogP) is 0.613. The van der Waals surface area contributed by atoms with Crippen LogP contribution in [0, 0.1) is 34.5 Å². The number of esters is 2. The first-order valence-corrected chi connectivity index (χ1v) is 25.3. The van der Waals surface area contributed by atoms with Gasteiger partial charge in [0, 0.05) is 50.0 Å². The fourth-order valence-electron chi connectivity index (χ4n) is 14.7. The summed E-state index contributed by atoms with van der Waals surface area (Å²) in [4.78, 5) is 24.2. The Morgan fingerprint density at radius 2 is 1.33 bits per heavy atom. The molecule has 0 aromatic carbocycles. The molecule has 8 fully saturated rings. The molecule has 4 aliphatic carbocycles. The van der Waals surface area contributed by atoms with E-state index in [1.54, 1.807) is 13.8 Å². The minimum atomic E-state index is -1.68. The maximum Gasteiger partial charge on any atom is 0.331 e. The first kappa shape index (κ1) is 51.9. The molecule has 20 nitrogen and oxygen atoms in total. The molecule has 5 heterocycles. The quantitative estimate of drug-likeness (QED) is 0.104. The number of hydrogen-bond donors (Lipinski definition) is 8. The van der Waals surface area contributed by atoms with E-state index in [0.717, 1.165) is 50.5 Å². The van der Waals surface area contributed by atoms with Gasteiger partial charge in [-0.15, -0.1) is 0 Å². The van der Waals surface area contributed by atoms with E-state index in [-0.39, 0.29) is 55.2 Å². The highest BCUT2D eigenvalue weighted by Gasteiger charge is 2.70. The van der Waals surface area contributed by atoms with Gasteiger partial charge in [0.2, 0.25) is 0 Å². The van der Waals surface area contributed by atoms with Crippen LogP contribution in [0.2, 0.25) is 0 Å². The molecule has 0 aromatic heterocycles. The summed E-state index contributed by atoms with van der Waals surface area (Å²) in [6.07, 6.45) is -10.8. The summed E-state index contributed by atoms with van der Waals surface area (Å²) in [5.74, 6) is -0.609. The number of rotatable bonds is 11. The third-order valence-electron chi connectivity index (χ3n) is 18.2. The van der Waals surface area contributed by atoms with Crippen LogP contribution >= 0.6 is 0 Å². The van der Waals surface area contributed by atoms with Crippen molar-refractivity contribution in [3.8, 4) is 0 Å². The summed E-state index contributed by atoms with van der Waals surface area (Å²) in [5, 5.41) is 87.5. The van der Waals surface area contributed by atoms with Crippen LogP contribution in [0.4, 0.5) is 0 Å². The molecular formula is C49H76O20. The molecule has 9 aliphatic rings. The molecule has 0 unspecified atom stereocenters. The highest BCUT2D eigenvalue weighted by Crippen LogP contribution is 2.70. The normalized spacial score (nSPS) is 53.3. The number of carbonyl (C=O) groups excluding carboxylic acids is 2. The van der Waals surface area contributed by atoms with Gasteiger partial charge in [-0.05, 0) is 94.5 Å². The second kappa shape index (κ2) is 20.0. The topological polar surface area (TPSA) is 288 Å². The average molecular weight is 985 g/mol. The zero-order valence-electron chi connectivity index (χ0n) is 40.5.